The van der Waals surface area contributed by atoms with Gasteiger partial charge in [0.25, 0.3) is 0 Å². The molecule has 6 aromatic rings. The largest absolute Gasteiger partial charge is 0.494 e. The molecule has 0 N–H and O–H groups in total. The average Bonchev–Trinajstić information content (AvgIpc) is 1.57. The van der Waals surface area contributed by atoms with Gasteiger partial charge >= 0.3 is 14.2 Å². The Morgan fingerprint density at radius 3 is 0.842 bits per heavy atom. The van der Waals surface area contributed by atoms with Crippen molar-refractivity contribution in [2.75, 3.05) is 26.4 Å². The Bertz CT molecular complexity index is 2980. The van der Waals surface area contributed by atoms with E-state index in [0.29, 0.717) is 39.6 Å². The Hall–Kier alpha value is -5.91. The molecule has 12 heteroatoms. The minimum Gasteiger partial charge on any atom is -0.493 e. The Labute approximate surface area is 574 Å². The third-order valence-corrected chi connectivity index (χ3v) is 20.6. The molecule has 2 saturated heterocycles. The lowest BCUT2D eigenvalue weighted by Gasteiger charge is -2.34. The Kier molecular flexibility index (Phi) is 27.0. The van der Waals surface area contributed by atoms with E-state index in [1.807, 2.05) is 12.1 Å². The molecule has 9 rings (SSSR count). The first kappa shape index (κ1) is 73.3. The van der Waals surface area contributed by atoms with E-state index in [9.17, 15) is 0 Å². The molecule has 0 unspecified atom stereocenters. The first-order valence-corrected chi connectivity index (χ1v) is 37.2. The van der Waals surface area contributed by atoms with Gasteiger partial charge in [0.2, 0.25) is 0 Å². The Morgan fingerprint density at radius 2 is 0.558 bits per heavy atom. The molecular formula is C83H116B2O10. The van der Waals surface area contributed by atoms with Gasteiger partial charge in [0.05, 0.1) is 54.2 Å². The summed E-state index contributed by atoms with van der Waals surface area (Å²) in [6, 6.07) is 43.5. The lowest BCUT2D eigenvalue weighted by molar-refractivity contribution is 0.00578. The predicted octanol–water partition coefficient (Wildman–Crippen LogP) is 20.8. The van der Waals surface area contributed by atoms with Crippen LogP contribution in [0.4, 0.5) is 0 Å². The molecule has 514 valence electrons. The molecule has 0 saturated carbocycles. The standard InChI is InChI=1S/C83H116B2O10/c1-13-17-21-25-29-33-49-86-71-53-63(54-72(59-71)87-50-34-30-26-22-18-14-2)61-90-69-43-37-65(38-44-69)83(66-39-45-70(46-40-66)91-62-64-55-73(88-51-35-31-27-23-19-15-3)60-74(56-64)89-52-36-32-28-24-20-16-4)77-57-67(84-92-79(5,6)80(7,8)93-84)41-47-75(77)76-48-42-68(58-78(76)83)85-94-81(9,10)82(11,12)95-85/h37-48,53-60H,13-36,49-52,61-62H2,1-12H3. The molecule has 2 heterocycles. The summed E-state index contributed by atoms with van der Waals surface area (Å²) in [4.78, 5) is 0. The number of fused-ring (bicyclic) bond motifs is 3. The van der Waals surface area contributed by atoms with Gasteiger partial charge in [-0.2, -0.15) is 0 Å². The van der Waals surface area contributed by atoms with Crippen LogP contribution in [0.2, 0.25) is 0 Å². The quantitative estimate of drug-likeness (QED) is 0.0272. The maximum atomic E-state index is 6.82. The minimum atomic E-state index is -0.866. The molecule has 0 bridgehead atoms. The molecule has 2 aliphatic heterocycles. The van der Waals surface area contributed by atoms with Crippen molar-refractivity contribution in [3.63, 3.8) is 0 Å². The molecule has 0 radical (unpaired) electrons. The fourth-order valence-electron chi connectivity index (χ4n) is 13.4. The summed E-state index contributed by atoms with van der Waals surface area (Å²) in [5.41, 5.74) is 7.52. The summed E-state index contributed by atoms with van der Waals surface area (Å²) in [6.45, 7) is 29.3. The number of hydrogen-bond acceptors (Lipinski definition) is 10. The fourth-order valence-corrected chi connectivity index (χ4v) is 13.4. The number of rotatable bonds is 42. The van der Waals surface area contributed by atoms with Crippen LogP contribution >= 0.6 is 0 Å². The summed E-state index contributed by atoms with van der Waals surface area (Å²) >= 11 is 0. The zero-order valence-electron chi connectivity index (χ0n) is 60.5. The third-order valence-electron chi connectivity index (χ3n) is 20.6. The molecular weight excluding hydrogens is 1180 g/mol. The van der Waals surface area contributed by atoms with Crippen molar-refractivity contribution in [1.29, 1.82) is 0 Å². The highest BCUT2D eigenvalue weighted by Crippen LogP contribution is 2.56. The molecule has 95 heavy (non-hydrogen) atoms. The monoisotopic (exact) mass is 1290 g/mol. The molecule has 0 atom stereocenters. The smallest absolute Gasteiger partial charge is 0.493 e. The Morgan fingerprint density at radius 1 is 0.284 bits per heavy atom. The van der Waals surface area contributed by atoms with Crippen molar-refractivity contribution in [1.82, 2.24) is 0 Å². The van der Waals surface area contributed by atoms with Crippen molar-refractivity contribution in [3.8, 4) is 45.6 Å². The van der Waals surface area contributed by atoms with Gasteiger partial charge < -0.3 is 47.0 Å². The highest BCUT2D eigenvalue weighted by atomic mass is 16.7. The molecule has 0 aromatic heterocycles. The van der Waals surface area contributed by atoms with Gasteiger partial charge in [0.15, 0.2) is 0 Å². The first-order valence-electron chi connectivity index (χ1n) is 37.2. The predicted molar refractivity (Wildman–Crippen MR) is 392 cm³/mol. The van der Waals surface area contributed by atoms with Crippen molar-refractivity contribution in [2.45, 2.75) is 278 Å². The van der Waals surface area contributed by atoms with Crippen LogP contribution in [0.5, 0.6) is 34.5 Å². The second-order valence-electron chi connectivity index (χ2n) is 29.3. The van der Waals surface area contributed by atoms with Crippen LogP contribution in [0.15, 0.2) is 121 Å². The van der Waals surface area contributed by atoms with Crippen molar-refractivity contribution < 1.29 is 47.0 Å². The fraction of sp³-hybridized carbons (Fsp3) is 0.566. The second kappa shape index (κ2) is 35.0. The molecule has 3 aliphatic rings. The zero-order chi connectivity index (χ0) is 67.3. The minimum absolute atomic E-state index is 0.345. The van der Waals surface area contributed by atoms with Crippen LogP contribution in [-0.4, -0.2) is 63.1 Å². The van der Waals surface area contributed by atoms with Gasteiger partial charge in [0, 0.05) is 12.1 Å². The van der Waals surface area contributed by atoms with E-state index in [2.05, 4.69) is 192 Å². The molecule has 1 aliphatic carbocycles. The summed E-state index contributed by atoms with van der Waals surface area (Å²) in [7, 11) is -1.17. The molecule has 0 amide bonds. The van der Waals surface area contributed by atoms with Gasteiger partial charge in [-0.25, -0.2) is 0 Å². The summed E-state index contributed by atoms with van der Waals surface area (Å²) in [5.74, 6) is 4.79. The van der Waals surface area contributed by atoms with Crippen molar-refractivity contribution in [3.05, 3.63) is 155 Å². The van der Waals surface area contributed by atoms with Gasteiger partial charge in [-0.15, -0.1) is 0 Å². The van der Waals surface area contributed by atoms with Gasteiger partial charge in [-0.05, 0) is 185 Å². The number of ether oxygens (including phenoxy) is 6. The second-order valence-corrected chi connectivity index (χ2v) is 29.3. The van der Waals surface area contributed by atoms with Crippen molar-refractivity contribution >= 4 is 25.2 Å². The van der Waals surface area contributed by atoms with Crippen LogP contribution in [0.3, 0.4) is 0 Å². The average molecular weight is 1300 g/mol. The maximum absolute atomic E-state index is 6.82. The SMILES string of the molecule is CCCCCCCCOc1cc(COc2ccc(C3(c4ccc(OCc5cc(OCCCCCCCC)cc(OCCCCCCCC)c5)cc4)c4cc(B5OC(C)(C)C(C)(C)O5)ccc4-c4ccc(B5OC(C)(C)C(C)(C)O5)cc43)cc2)cc(OCCCCCCCC)c1. The Balaban J connectivity index is 1.05. The molecule has 2 fully saturated rings. The number of unbranched alkanes of at least 4 members (excludes halogenated alkanes) is 20. The number of hydrogen-bond donors (Lipinski definition) is 0. The van der Waals surface area contributed by atoms with Crippen LogP contribution in [-0.2, 0) is 37.2 Å². The first-order chi connectivity index (χ1) is 45.9. The normalized spacial score (nSPS) is 16.2. The van der Waals surface area contributed by atoms with Crippen LogP contribution in [0.1, 0.15) is 271 Å². The van der Waals surface area contributed by atoms with E-state index in [4.69, 9.17) is 47.0 Å². The van der Waals surface area contributed by atoms with Gasteiger partial charge in [0.1, 0.15) is 47.7 Å². The maximum Gasteiger partial charge on any atom is 0.494 e. The highest BCUT2D eigenvalue weighted by molar-refractivity contribution is 6.62. The summed E-state index contributed by atoms with van der Waals surface area (Å²) in [6.07, 6.45) is 29.0. The molecule has 0 spiro atoms. The molecule has 10 nitrogen and oxygen atoms in total. The topological polar surface area (TPSA) is 92.3 Å². The highest BCUT2D eigenvalue weighted by Gasteiger charge is 2.55. The summed E-state index contributed by atoms with van der Waals surface area (Å²) in [5, 5.41) is 0. The van der Waals surface area contributed by atoms with Crippen LogP contribution < -0.4 is 39.3 Å². The van der Waals surface area contributed by atoms with E-state index in [1.165, 1.54) is 128 Å². The third kappa shape index (κ3) is 19.3. The lowest BCUT2D eigenvalue weighted by Crippen LogP contribution is -2.41. The lowest BCUT2D eigenvalue weighted by atomic mass is 9.65. The number of benzene rings is 6. The van der Waals surface area contributed by atoms with Gasteiger partial charge in [-0.3, -0.25) is 0 Å². The van der Waals surface area contributed by atoms with E-state index in [-0.39, 0.29) is 0 Å². The van der Waals surface area contributed by atoms with E-state index in [1.54, 1.807) is 0 Å². The zero-order valence-corrected chi connectivity index (χ0v) is 60.5. The van der Waals surface area contributed by atoms with E-state index < -0.39 is 42.1 Å². The van der Waals surface area contributed by atoms with Gasteiger partial charge in [-0.1, -0.05) is 217 Å². The van der Waals surface area contributed by atoms with Crippen molar-refractivity contribution in [2.24, 2.45) is 0 Å². The van der Waals surface area contributed by atoms with Crippen LogP contribution in [0, 0.1) is 0 Å². The van der Waals surface area contributed by atoms with Crippen LogP contribution in [0.25, 0.3) is 11.1 Å². The van der Waals surface area contributed by atoms with E-state index >= 15 is 0 Å². The molecule has 6 aromatic carbocycles. The van der Waals surface area contributed by atoms with E-state index in [0.717, 1.165) is 116 Å². The summed E-state index contributed by atoms with van der Waals surface area (Å²) < 4.78 is 66.6.